The Hall–Kier alpha value is -3.02. The van der Waals surface area contributed by atoms with E-state index in [-0.39, 0.29) is 17.5 Å². The normalized spacial score (nSPS) is 14.9. The second-order valence-electron chi connectivity index (χ2n) is 8.06. The molecular formula is C24H25F2N3O. The van der Waals surface area contributed by atoms with Crippen molar-refractivity contribution in [2.24, 2.45) is 0 Å². The lowest BCUT2D eigenvalue weighted by Crippen LogP contribution is -2.50. The Kier molecular flexibility index (Phi) is 5.66. The highest BCUT2D eigenvalue weighted by atomic mass is 19.1. The molecule has 1 aromatic heterocycles. The third-order valence-electron chi connectivity index (χ3n) is 6.05. The molecule has 1 amide bonds. The molecule has 4 rings (SSSR count). The smallest absolute Gasteiger partial charge is 0.232 e. The van der Waals surface area contributed by atoms with Gasteiger partial charge >= 0.3 is 0 Å². The monoisotopic (exact) mass is 409 g/mol. The molecule has 0 radical (unpaired) electrons. The molecule has 1 fully saturated rings. The van der Waals surface area contributed by atoms with Crippen LogP contribution in [0, 0.1) is 11.6 Å². The topological polar surface area (TPSA) is 49.0 Å². The van der Waals surface area contributed by atoms with Gasteiger partial charge in [0.2, 0.25) is 5.91 Å². The Bertz CT molecular complexity index is 1020. The first-order valence-electron chi connectivity index (χ1n) is 10.3. The number of hydrogen-bond acceptors (Lipinski definition) is 2. The third kappa shape index (κ3) is 3.99. The quantitative estimate of drug-likeness (QED) is 0.605. The van der Waals surface area contributed by atoms with Gasteiger partial charge in [0, 0.05) is 24.8 Å². The maximum Gasteiger partial charge on any atom is 0.232 e. The summed E-state index contributed by atoms with van der Waals surface area (Å²) in [4.78, 5) is 14.9. The standard InChI is InChI=1S/C24H25F2N3O/c1-29(23(30)24(12-4-13-24)18-5-2-6-20(26)15-18)14-3-7-21-16-22(28-27-21)17-8-10-19(25)11-9-17/h2,5-6,8-11,15-16H,3-4,7,12-14H2,1H3,(H,27,28). The fraction of sp³-hybridized carbons (Fsp3) is 0.333. The second kappa shape index (κ2) is 8.38. The molecule has 1 aliphatic rings. The fourth-order valence-electron chi connectivity index (χ4n) is 4.17. The Labute approximate surface area is 174 Å². The second-order valence-corrected chi connectivity index (χ2v) is 8.06. The summed E-state index contributed by atoms with van der Waals surface area (Å²) in [5.74, 6) is -0.508. The molecule has 3 aromatic rings. The summed E-state index contributed by atoms with van der Waals surface area (Å²) < 4.78 is 26.8. The molecule has 30 heavy (non-hydrogen) atoms. The van der Waals surface area contributed by atoms with Crippen LogP contribution in [-0.4, -0.2) is 34.6 Å². The molecule has 0 aliphatic heterocycles. The molecular weight excluding hydrogens is 384 g/mol. The van der Waals surface area contributed by atoms with Gasteiger partial charge in [-0.2, -0.15) is 5.10 Å². The van der Waals surface area contributed by atoms with Crippen LogP contribution in [0.25, 0.3) is 11.3 Å². The molecule has 0 atom stereocenters. The minimum absolute atomic E-state index is 0.0657. The Morgan fingerprint density at radius 1 is 1.10 bits per heavy atom. The number of aromatic nitrogens is 2. The molecule has 0 saturated heterocycles. The number of benzene rings is 2. The first-order valence-corrected chi connectivity index (χ1v) is 10.3. The molecule has 0 bridgehead atoms. The molecule has 6 heteroatoms. The average molecular weight is 409 g/mol. The Balaban J connectivity index is 1.35. The van der Waals surface area contributed by atoms with Gasteiger partial charge in [0.1, 0.15) is 11.6 Å². The van der Waals surface area contributed by atoms with Gasteiger partial charge in [0.05, 0.1) is 11.1 Å². The van der Waals surface area contributed by atoms with Crippen LogP contribution in [0.1, 0.15) is 36.9 Å². The van der Waals surface area contributed by atoms with Crippen LogP contribution < -0.4 is 0 Å². The van der Waals surface area contributed by atoms with E-state index in [1.165, 1.54) is 24.3 Å². The number of carbonyl (C=O) groups excluding carboxylic acids is 1. The maximum absolute atomic E-state index is 13.7. The summed E-state index contributed by atoms with van der Waals surface area (Å²) >= 11 is 0. The van der Waals surface area contributed by atoms with E-state index < -0.39 is 5.41 Å². The number of aryl methyl sites for hydroxylation is 1. The van der Waals surface area contributed by atoms with Crippen molar-refractivity contribution in [3.63, 3.8) is 0 Å². The van der Waals surface area contributed by atoms with E-state index in [9.17, 15) is 13.6 Å². The SMILES string of the molecule is CN(CCCc1cc(-c2ccc(F)cc2)n[nH]1)C(=O)C1(c2cccc(F)c2)CCC1. The molecule has 1 heterocycles. The number of rotatable bonds is 7. The van der Waals surface area contributed by atoms with Gasteiger partial charge in [-0.05, 0) is 73.7 Å². The van der Waals surface area contributed by atoms with Gasteiger partial charge in [-0.3, -0.25) is 9.89 Å². The number of halogens is 2. The Morgan fingerprint density at radius 3 is 2.53 bits per heavy atom. The number of nitrogens with one attached hydrogen (secondary N) is 1. The molecule has 1 saturated carbocycles. The van der Waals surface area contributed by atoms with Crippen molar-refractivity contribution in [1.82, 2.24) is 15.1 Å². The molecule has 1 aliphatic carbocycles. The van der Waals surface area contributed by atoms with E-state index in [0.29, 0.717) is 6.54 Å². The van der Waals surface area contributed by atoms with E-state index in [1.54, 1.807) is 23.1 Å². The molecule has 0 spiro atoms. The number of likely N-dealkylation sites (N-methyl/N-ethyl adjacent to an activating group) is 1. The van der Waals surface area contributed by atoms with Crippen LogP contribution in [-0.2, 0) is 16.6 Å². The van der Waals surface area contributed by atoms with Gasteiger partial charge < -0.3 is 4.90 Å². The van der Waals surface area contributed by atoms with Crippen molar-refractivity contribution in [3.8, 4) is 11.3 Å². The molecule has 156 valence electrons. The van der Waals surface area contributed by atoms with Crippen LogP contribution in [0.15, 0.2) is 54.6 Å². The minimum Gasteiger partial charge on any atom is -0.345 e. The molecule has 1 N–H and O–H groups in total. The van der Waals surface area contributed by atoms with Crippen LogP contribution in [0.3, 0.4) is 0 Å². The van der Waals surface area contributed by atoms with Gasteiger partial charge in [-0.15, -0.1) is 0 Å². The molecule has 4 nitrogen and oxygen atoms in total. The van der Waals surface area contributed by atoms with Crippen LogP contribution in [0.2, 0.25) is 0 Å². The number of nitrogens with zero attached hydrogens (tertiary/aromatic N) is 2. The zero-order valence-corrected chi connectivity index (χ0v) is 17.0. The van der Waals surface area contributed by atoms with E-state index in [1.807, 2.05) is 19.2 Å². The van der Waals surface area contributed by atoms with Crippen LogP contribution >= 0.6 is 0 Å². The largest absolute Gasteiger partial charge is 0.345 e. The molecule has 2 aromatic carbocycles. The van der Waals surface area contributed by atoms with E-state index in [4.69, 9.17) is 0 Å². The van der Waals surface area contributed by atoms with E-state index in [2.05, 4.69) is 10.2 Å². The van der Waals surface area contributed by atoms with Crippen molar-refractivity contribution in [1.29, 1.82) is 0 Å². The summed E-state index contributed by atoms with van der Waals surface area (Å²) in [6.07, 6.45) is 4.05. The predicted molar refractivity (Wildman–Crippen MR) is 112 cm³/mol. The highest BCUT2D eigenvalue weighted by molar-refractivity contribution is 5.89. The highest BCUT2D eigenvalue weighted by Gasteiger charge is 2.47. The fourth-order valence-corrected chi connectivity index (χ4v) is 4.17. The number of carbonyl (C=O) groups is 1. The number of hydrogen-bond donors (Lipinski definition) is 1. The lowest BCUT2D eigenvalue weighted by atomic mass is 9.63. The zero-order chi connectivity index (χ0) is 21.1. The summed E-state index contributed by atoms with van der Waals surface area (Å²) in [7, 11) is 1.82. The summed E-state index contributed by atoms with van der Waals surface area (Å²) in [6.45, 7) is 0.612. The average Bonchev–Trinajstić information content (AvgIpc) is 3.16. The third-order valence-corrected chi connectivity index (χ3v) is 6.05. The number of amides is 1. The summed E-state index contributed by atoms with van der Waals surface area (Å²) in [5.41, 5.74) is 2.80. The maximum atomic E-state index is 13.7. The highest BCUT2D eigenvalue weighted by Crippen LogP contribution is 2.45. The van der Waals surface area contributed by atoms with Crippen molar-refractivity contribution >= 4 is 5.91 Å². The van der Waals surface area contributed by atoms with Gasteiger partial charge in [0.25, 0.3) is 0 Å². The number of aromatic amines is 1. The van der Waals surface area contributed by atoms with Crippen molar-refractivity contribution in [2.75, 3.05) is 13.6 Å². The first-order chi connectivity index (χ1) is 14.5. The minimum atomic E-state index is -0.583. The predicted octanol–water partition coefficient (Wildman–Crippen LogP) is 4.87. The summed E-state index contributed by atoms with van der Waals surface area (Å²) in [5, 5.41) is 7.31. The van der Waals surface area contributed by atoms with E-state index >= 15 is 0 Å². The van der Waals surface area contributed by atoms with Gasteiger partial charge in [-0.25, -0.2) is 8.78 Å². The van der Waals surface area contributed by atoms with Crippen LogP contribution in [0.4, 0.5) is 8.78 Å². The van der Waals surface area contributed by atoms with Crippen molar-refractivity contribution in [3.05, 3.63) is 77.5 Å². The van der Waals surface area contributed by atoms with Crippen molar-refractivity contribution < 1.29 is 13.6 Å². The van der Waals surface area contributed by atoms with E-state index in [0.717, 1.165) is 54.6 Å². The van der Waals surface area contributed by atoms with Gasteiger partial charge in [0.15, 0.2) is 0 Å². The Morgan fingerprint density at radius 2 is 1.87 bits per heavy atom. The zero-order valence-electron chi connectivity index (χ0n) is 17.0. The first kappa shape index (κ1) is 20.3. The lowest BCUT2D eigenvalue weighted by Gasteiger charge is -2.43. The van der Waals surface area contributed by atoms with Gasteiger partial charge in [-0.1, -0.05) is 18.6 Å². The lowest BCUT2D eigenvalue weighted by molar-refractivity contribution is -0.139. The van der Waals surface area contributed by atoms with Crippen molar-refractivity contribution in [2.45, 2.75) is 37.5 Å². The number of H-pyrrole nitrogens is 1. The summed E-state index contributed by atoms with van der Waals surface area (Å²) in [6, 6.07) is 14.6. The van der Waals surface area contributed by atoms with Crippen LogP contribution in [0.5, 0.6) is 0 Å². The molecule has 0 unspecified atom stereocenters.